The van der Waals surface area contributed by atoms with Crippen molar-refractivity contribution in [1.29, 1.82) is 0 Å². The molecular weight excluding hydrogens is 276 g/mol. The third kappa shape index (κ3) is 5.68. The van der Waals surface area contributed by atoms with E-state index >= 15 is 0 Å². The lowest BCUT2D eigenvalue weighted by Crippen LogP contribution is -2.44. The number of hydrogen-bond donors (Lipinski definition) is 2. The summed E-state index contributed by atoms with van der Waals surface area (Å²) in [5.41, 5.74) is 0.814. The Hall–Kier alpha value is -1.55. The maximum Gasteiger partial charge on any atom is 0.407 e. The maximum atomic E-state index is 11.8. The number of benzene rings is 1. The van der Waals surface area contributed by atoms with E-state index < -0.39 is 5.60 Å². The van der Waals surface area contributed by atoms with Crippen LogP contribution < -0.4 is 10.6 Å². The van der Waals surface area contributed by atoms with Crippen molar-refractivity contribution in [1.82, 2.24) is 10.6 Å². The van der Waals surface area contributed by atoms with Crippen LogP contribution in [-0.4, -0.2) is 24.3 Å². The second-order valence-corrected chi connectivity index (χ2v) is 7.13. The molecule has 1 aromatic rings. The quantitative estimate of drug-likeness (QED) is 0.843. The molecule has 4 nitrogen and oxygen atoms in total. The minimum atomic E-state index is -0.454. The molecule has 0 bridgehead atoms. The Kier molecular flexibility index (Phi) is 5.46. The highest BCUT2D eigenvalue weighted by Gasteiger charge is 2.32. The zero-order valence-electron chi connectivity index (χ0n) is 14.1. The number of rotatable bonds is 6. The van der Waals surface area contributed by atoms with Gasteiger partial charge in [0.25, 0.3) is 0 Å². The maximum absolute atomic E-state index is 11.8. The van der Waals surface area contributed by atoms with E-state index in [-0.39, 0.29) is 12.1 Å². The highest BCUT2D eigenvalue weighted by molar-refractivity contribution is 5.67. The molecule has 1 aliphatic carbocycles. The summed E-state index contributed by atoms with van der Waals surface area (Å²) < 4.78 is 5.30. The SMILES string of the molecule is C[C@@H](N[C@@H](CNC(=O)OC(C)(C)C)C1CC1)c1ccccc1. The van der Waals surface area contributed by atoms with Crippen molar-refractivity contribution in [3.05, 3.63) is 35.9 Å². The second kappa shape index (κ2) is 7.14. The molecule has 122 valence electrons. The van der Waals surface area contributed by atoms with Gasteiger partial charge in [-0.25, -0.2) is 4.79 Å². The number of nitrogens with one attached hydrogen (secondary N) is 2. The fraction of sp³-hybridized carbons (Fsp3) is 0.611. The van der Waals surface area contributed by atoms with Gasteiger partial charge in [-0.1, -0.05) is 30.3 Å². The summed E-state index contributed by atoms with van der Waals surface area (Å²) in [6.45, 7) is 8.40. The molecule has 0 saturated heterocycles. The summed E-state index contributed by atoms with van der Waals surface area (Å²) in [6, 6.07) is 11.0. The minimum absolute atomic E-state index is 0.271. The second-order valence-electron chi connectivity index (χ2n) is 7.13. The van der Waals surface area contributed by atoms with E-state index in [1.54, 1.807) is 0 Å². The largest absolute Gasteiger partial charge is 0.444 e. The highest BCUT2D eigenvalue weighted by atomic mass is 16.6. The molecule has 4 heteroatoms. The number of hydrogen-bond acceptors (Lipinski definition) is 3. The van der Waals surface area contributed by atoms with Gasteiger partial charge in [-0.15, -0.1) is 0 Å². The van der Waals surface area contributed by atoms with Crippen LogP contribution in [0.15, 0.2) is 30.3 Å². The number of alkyl carbamates (subject to hydrolysis) is 1. The molecule has 1 amide bonds. The zero-order valence-corrected chi connectivity index (χ0v) is 14.1. The highest BCUT2D eigenvalue weighted by Crippen LogP contribution is 2.33. The van der Waals surface area contributed by atoms with E-state index in [9.17, 15) is 4.79 Å². The summed E-state index contributed by atoms with van der Waals surface area (Å²) in [4.78, 5) is 11.8. The Labute approximate surface area is 133 Å². The first-order valence-electron chi connectivity index (χ1n) is 8.13. The first kappa shape index (κ1) is 16.8. The van der Waals surface area contributed by atoms with Gasteiger partial charge in [0.05, 0.1) is 0 Å². The molecule has 1 aromatic carbocycles. The summed E-state index contributed by atoms with van der Waals surface area (Å²) in [5.74, 6) is 0.654. The van der Waals surface area contributed by atoms with E-state index in [1.807, 2.05) is 26.8 Å². The molecule has 0 aliphatic heterocycles. The van der Waals surface area contributed by atoms with E-state index in [2.05, 4.69) is 41.8 Å². The molecule has 0 heterocycles. The first-order valence-corrected chi connectivity index (χ1v) is 8.13. The smallest absolute Gasteiger partial charge is 0.407 e. The van der Waals surface area contributed by atoms with E-state index in [0.717, 1.165) is 0 Å². The van der Waals surface area contributed by atoms with E-state index in [0.29, 0.717) is 18.5 Å². The van der Waals surface area contributed by atoms with Crippen molar-refractivity contribution < 1.29 is 9.53 Å². The standard InChI is InChI=1S/C18H28N2O2/c1-13(14-8-6-5-7-9-14)20-16(15-10-11-15)12-19-17(21)22-18(2,3)4/h5-9,13,15-16,20H,10-12H2,1-4H3,(H,19,21)/t13-,16+/m1/s1. The fourth-order valence-corrected chi connectivity index (χ4v) is 2.53. The van der Waals surface area contributed by atoms with Crippen molar-refractivity contribution >= 4 is 6.09 Å². The van der Waals surface area contributed by atoms with Crippen LogP contribution >= 0.6 is 0 Å². The van der Waals surface area contributed by atoms with Crippen molar-refractivity contribution in [2.75, 3.05) is 6.54 Å². The van der Waals surface area contributed by atoms with Crippen LogP contribution in [0.2, 0.25) is 0 Å². The zero-order chi connectivity index (χ0) is 16.2. The van der Waals surface area contributed by atoms with Crippen molar-refractivity contribution in [3.8, 4) is 0 Å². The monoisotopic (exact) mass is 304 g/mol. The van der Waals surface area contributed by atoms with Crippen LogP contribution in [0.1, 0.15) is 52.1 Å². The van der Waals surface area contributed by atoms with Crippen LogP contribution in [0.4, 0.5) is 4.79 Å². The van der Waals surface area contributed by atoms with Gasteiger partial charge in [0.1, 0.15) is 5.60 Å². The summed E-state index contributed by atoms with van der Waals surface area (Å²) in [6.07, 6.45) is 2.12. The Morgan fingerprint density at radius 3 is 2.45 bits per heavy atom. The molecule has 0 radical (unpaired) electrons. The van der Waals surface area contributed by atoms with Crippen LogP contribution in [0.3, 0.4) is 0 Å². The van der Waals surface area contributed by atoms with Gasteiger partial charge in [0.2, 0.25) is 0 Å². The predicted molar refractivity (Wildman–Crippen MR) is 88.7 cm³/mol. The predicted octanol–water partition coefficient (Wildman–Crippen LogP) is 3.64. The first-order chi connectivity index (χ1) is 10.3. The summed E-state index contributed by atoms with van der Waals surface area (Å²) >= 11 is 0. The fourth-order valence-electron chi connectivity index (χ4n) is 2.53. The van der Waals surface area contributed by atoms with Crippen molar-refractivity contribution in [3.63, 3.8) is 0 Å². The number of carbonyl (C=O) groups excluding carboxylic acids is 1. The molecule has 2 atom stereocenters. The van der Waals surface area contributed by atoms with E-state index in [1.165, 1.54) is 18.4 Å². The number of ether oxygens (including phenoxy) is 1. The van der Waals surface area contributed by atoms with Gasteiger partial charge in [-0.2, -0.15) is 0 Å². The van der Waals surface area contributed by atoms with Crippen molar-refractivity contribution in [2.45, 2.75) is 58.2 Å². The Morgan fingerprint density at radius 1 is 1.27 bits per heavy atom. The normalized spacial score (nSPS) is 17.6. The molecule has 2 N–H and O–H groups in total. The van der Waals surface area contributed by atoms with Gasteiger partial charge >= 0.3 is 6.09 Å². The summed E-state index contributed by atoms with van der Waals surface area (Å²) in [5, 5.41) is 6.54. The Bertz CT molecular complexity index is 478. The summed E-state index contributed by atoms with van der Waals surface area (Å²) in [7, 11) is 0. The Morgan fingerprint density at radius 2 is 1.91 bits per heavy atom. The van der Waals surface area contributed by atoms with Gasteiger partial charge in [0.15, 0.2) is 0 Å². The average molecular weight is 304 g/mol. The molecule has 1 aliphatic rings. The van der Waals surface area contributed by atoms with Crippen LogP contribution in [0.25, 0.3) is 0 Å². The minimum Gasteiger partial charge on any atom is -0.444 e. The third-order valence-electron chi connectivity index (χ3n) is 3.82. The third-order valence-corrected chi connectivity index (χ3v) is 3.82. The number of carbonyl (C=O) groups is 1. The Balaban J connectivity index is 1.84. The van der Waals surface area contributed by atoms with Crippen LogP contribution in [0.5, 0.6) is 0 Å². The van der Waals surface area contributed by atoms with Gasteiger partial charge in [-0.3, -0.25) is 0 Å². The molecule has 0 aromatic heterocycles. The lowest BCUT2D eigenvalue weighted by molar-refractivity contribution is 0.0520. The average Bonchev–Trinajstić information content (AvgIpc) is 3.26. The lowest BCUT2D eigenvalue weighted by Gasteiger charge is -2.25. The molecule has 0 spiro atoms. The lowest BCUT2D eigenvalue weighted by atomic mass is 10.1. The van der Waals surface area contributed by atoms with Gasteiger partial charge in [0, 0.05) is 18.6 Å². The molecule has 22 heavy (non-hydrogen) atoms. The molecular formula is C18H28N2O2. The van der Waals surface area contributed by atoms with Crippen molar-refractivity contribution in [2.24, 2.45) is 5.92 Å². The van der Waals surface area contributed by atoms with Gasteiger partial charge < -0.3 is 15.4 Å². The van der Waals surface area contributed by atoms with E-state index in [4.69, 9.17) is 4.74 Å². The molecule has 1 fully saturated rings. The molecule has 1 saturated carbocycles. The molecule has 2 rings (SSSR count). The topological polar surface area (TPSA) is 50.4 Å². The van der Waals surface area contributed by atoms with Crippen LogP contribution in [0, 0.1) is 5.92 Å². The molecule has 0 unspecified atom stereocenters. The van der Waals surface area contributed by atoms with Crippen LogP contribution in [-0.2, 0) is 4.74 Å². The number of amides is 1. The van der Waals surface area contributed by atoms with Gasteiger partial charge in [-0.05, 0) is 52.0 Å².